The Hall–Kier alpha value is -2.72. The Kier molecular flexibility index (Phi) is 5.31. The van der Waals surface area contributed by atoms with Crippen LogP contribution in [0.2, 0.25) is 0 Å². The highest BCUT2D eigenvalue weighted by Crippen LogP contribution is 2.21. The fraction of sp³-hybridized carbons (Fsp3) is 0.118. The molecule has 24 heavy (non-hydrogen) atoms. The van der Waals surface area contributed by atoms with E-state index in [1.54, 1.807) is 30.3 Å². The maximum atomic E-state index is 13.6. The largest absolute Gasteiger partial charge is 0.497 e. The van der Waals surface area contributed by atoms with Crippen molar-refractivity contribution in [2.75, 3.05) is 7.11 Å². The van der Waals surface area contributed by atoms with Gasteiger partial charge < -0.3 is 4.74 Å². The zero-order valence-electron chi connectivity index (χ0n) is 12.7. The summed E-state index contributed by atoms with van der Waals surface area (Å²) in [7, 11) is -2.49. The van der Waals surface area contributed by atoms with Crippen molar-refractivity contribution in [3.05, 3.63) is 70.1 Å². The van der Waals surface area contributed by atoms with E-state index in [4.69, 9.17) is 10.00 Å². The Morgan fingerprint density at radius 1 is 1.21 bits per heavy atom. The van der Waals surface area contributed by atoms with Crippen LogP contribution in [0.1, 0.15) is 11.1 Å². The maximum absolute atomic E-state index is 13.6. The van der Waals surface area contributed by atoms with Gasteiger partial charge in [0.2, 0.25) is 0 Å². The molecule has 0 aromatic heterocycles. The lowest BCUT2D eigenvalue weighted by Gasteiger charge is -2.05. The molecule has 0 saturated carbocycles. The Morgan fingerprint density at radius 2 is 1.88 bits per heavy atom. The summed E-state index contributed by atoms with van der Waals surface area (Å²) in [6, 6.07) is 10.6. The van der Waals surface area contributed by atoms with Crippen molar-refractivity contribution in [2.24, 2.45) is 0 Å². The van der Waals surface area contributed by atoms with Gasteiger partial charge in [-0.1, -0.05) is 12.1 Å². The van der Waals surface area contributed by atoms with Gasteiger partial charge in [0, 0.05) is 11.6 Å². The Morgan fingerprint density at radius 3 is 2.42 bits per heavy atom. The van der Waals surface area contributed by atoms with Gasteiger partial charge in [0.15, 0.2) is 9.84 Å². The molecule has 0 bridgehead atoms. The van der Waals surface area contributed by atoms with Crippen LogP contribution in [0.4, 0.5) is 8.78 Å². The molecular weight excluding hydrogens is 336 g/mol. The SMILES string of the molecule is COc1ccc(CS(=O)(=O)/C(C#N)=C/c2ccc(F)cc2F)cc1. The summed E-state index contributed by atoms with van der Waals surface area (Å²) >= 11 is 0. The Balaban J connectivity index is 2.33. The number of methoxy groups -OCH3 is 1. The van der Waals surface area contributed by atoms with Gasteiger partial charge in [-0.25, -0.2) is 17.2 Å². The molecule has 2 aromatic carbocycles. The topological polar surface area (TPSA) is 67.2 Å². The van der Waals surface area contributed by atoms with Gasteiger partial charge in [-0.3, -0.25) is 0 Å². The van der Waals surface area contributed by atoms with E-state index in [-0.39, 0.29) is 5.56 Å². The van der Waals surface area contributed by atoms with Gasteiger partial charge in [-0.15, -0.1) is 0 Å². The quantitative estimate of drug-likeness (QED) is 0.776. The molecule has 0 amide bonds. The van der Waals surface area contributed by atoms with Crippen LogP contribution in [0.5, 0.6) is 5.75 Å². The van der Waals surface area contributed by atoms with Crippen LogP contribution in [-0.4, -0.2) is 15.5 Å². The average molecular weight is 349 g/mol. The summed E-state index contributed by atoms with van der Waals surface area (Å²) in [5, 5.41) is 9.11. The molecule has 0 radical (unpaired) electrons. The van der Waals surface area contributed by atoms with Gasteiger partial charge in [-0.05, 0) is 35.9 Å². The molecule has 7 heteroatoms. The molecule has 0 aliphatic rings. The van der Waals surface area contributed by atoms with Gasteiger partial charge in [-0.2, -0.15) is 5.26 Å². The van der Waals surface area contributed by atoms with Crippen molar-refractivity contribution >= 4 is 15.9 Å². The highest BCUT2D eigenvalue weighted by molar-refractivity contribution is 7.95. The first kappa shape index (κ1) is 17.6. The summed E-state index contributed by atoms with van der Waals surface area (Å²) in [6.07, 6.45) is 0.896. The minimum absolute atomic E-state index is 0.175. The second-order valence-corrected chi connectivity index (χ2v) is 6.85. The number of nitrogens with zero attached hydrogens (tertiary/aromatic N) is 1. The number of nitriles is 1. The third-order valence-corrected chi connectivity index (χ3v) is 4.80. The molecule has 0 atom stereocenters. The lowest BCUT2D eigenvalue weighted by atomic mass is 10.2. The molecule has 0 heterocycles. The first-order chi connectivity index (χ1) is 11.4. The minimum Gasteiger partial charge on any atom is -0.497 e. The van der Waals surface area contributed by atoms with E-state index in [1.165, 1.54) is 7.11 Å². The summed E-state index contributed by atoms with van der Waals surface area (Å²) < 4.78 is 56.2. The zero-order chi connectivity index (χ0) is 17.7. The highest BCUT2D eigenvalue weighted by Gasteiger charge is 2.19. The normalized spacial score (nSPS) is 11.8. The lowest BCUT2D eigenvalue weighted by molar-refractivity contribution is 0.414. The second kappa shape index (κ2) is 7.23. The van der Waals surface area contributed by atoms with Crippen molar-refractivity contribution in [3.63, 3.8) is 0 Å². The van der Waals surface area contributed by atoms with Gasteiger partial charge in [0.25, 0.3) is 0 Å². The molecule has 0 fully saturated rings. The van der Waals surface area contributed by atoms with Crippen LogP contribution in [0.3, 0.4) is 0 Å². The summed E-state index contributed by atoms with van der Waals surface area (Å²) in [4.78, 5) is -0.594. The number of hydrogen-bond acceptors (Lipinski definition) is 4. The number of allylic oxidation sites excluding steroid dienone is 1. The smallest absolute Gasteiger partial charge is 0.192 e. The minimum atomic E-state index is -3.97. The summed E-state index contributed by atoms with van der Waals surface area (Å²) in [5.74, 6) is -1.58. The van der Waals surface area contributed by atoms with Crippen LogP contribution in [0, 0.1) is 23.0 Å². The van der Waals surface area contributed by atoms with E-state index in [1.807, 2.05) is 0 Å². The summed E-state index contributed by atoms with van der Waals surface area (Å²) in [5.41, 5.74) is 0.280. The van der Waals surface area contributed by atoms with E-state index >= 15 is 0 Å². The predicted molar refractivity (Wildman–Crippen MR) is 85.6 cm³/mol. The fourth-order valence-electron chi connectivity index (χ4n) is 1.97. The monoisotopic (exact) mass is 349 g/mol. The number of halogens is 2. The zero-order valence-corrected chi connectivity index (χ0v) is 13.5. The number of rotatable bonds is 5. The van der Waals surface area contributed by atoms with Crippen LogP contribution in [0.15, 0.2) is 47.4 Å². The van der Waals surface area contributed by atoms with E-state index in [0.29, 0.717) is 17.4 Å². The molecular formula is C17H13F2NO3S. The molecule has 0 unspecified atom stereocenters. The third-order valence-electron chi connectivity index (χ3n) is 3.21. The van der Waals surface area contributed by atoms with Crippen LogP contribution in [0.25, 0.3) is 6.08 Å². The molecule has 0 saturated heterocycles. The standard InChI is InChI=1S/C17H13F2NO3S/c1-23-15-6-2-12(3-7-15)11-24(21,22)16(10-20)8-13-4-5-14(18)9-17(13)19/h2-9H,11H2,1H3/b16-8+. The van der Waals surface area contributed by atoms with Crippen LogP contribution >= 0.6 is 0 Å². The number of sulfone groups is 1. The van der Waals surface area contributed by atoms with Crippen molar-refractivity contribution in [1.29, 1.82) is 5.26 Å². The third kappa shape index (κ3) is 4.18. The van der Waals surface area contributed by atoms with Gasteiger partial charge in [0.1, 0.15) is 28.4 Å². The predicted octanol–water partition coefficient (Wildman–Crippen LogP) is 3.45. The molecule has 0 spiro atoms. The summed E-state index contributed by atoms with van der Waals surface area (Å²) in [6.45, 7) is 0. The molecule has 0 N–H and O–H groups in total. The van der Waals surface area contributed by atoms with Gasteiger partial charge >= 0.3 is 0 Å². The first-order valence-electron chi connectivity index (χ1n) is 6.78. The van der Waals surface area contributed by atoms with Crippen molar-refractivity contribution in [1.82, 2.24) is 0 Å². The molecule has 4 nitrogen and oxygen atoms in total. The Bertz CT molecular complexity index is 914. The van der Waals surface area contributed by atoms with Gasteiger partial charge in [0.05, 0.1) is 12.9 Å². The second-order valence-electron chi connectivity index (χ2n) is 4.89. The number of hydrogen-bond donors (Lipinski definition) is 0. The van der Waals surface area contributed by atoms with Crippen molar-refractivity contribution in [3.8, 4) is 11.8 Å². The van der Waals surface area contributed by atoms with Crippen molar-refractivity contribution in [2.45, 2.75) is 5.75 Å². The Labute approximate surface area is 138 Å². The molecule has 2 rings (SSSR count). The number of ether oxygens (including phenoxy) is 1. The van der Waals surface area contributed by atoms with E-state index in [2.05, 4.69) is 0 Å². The maximum Gasteiger partial charge on any atom is 0.192 e. The van der Waals surface area contributed by atoms with E-state index in [9.17, 15) is 17.2 Å². The van der Waals surface area contributed by atoms with Crippen LogP contribution in [-0.2, 0) is 15.6 Å². The molecule has 0 aliphatic carbocycles. The highest BCUT2D eigenvalue weighted by atomic mass is 32.2. The van der Waals surface area contributed by atoms with Crippen LogP contribution < -0.4 is 4.74 Å². The van der Waals surface area contributed by atoms with Crippen molar-refractivity contribution < 1.29 is 21.9 Å². The average Bonchev–Trinajstić information content (AvgIpc) is 2.54. The fourth-order valence-corrected chi connectivity index (χ4v) is 3.20. The first-order valence-corrected chi connectivity index (χ1v) is 8.43. The van der Waals surface area contributed by atoms with E-state index in [0.717, 1.165) is 18.2 Å². The lowest BCUT2D eigenvalue weighted by Crippen LogP contribution is -2.06. The molecule has 2 aromatic rings. The molecule has 124 valence electrons. The number of benzene rings is 2. The van der Waals surface area contributed by atoms with E-state index < -0.39 is 32.1 Å². The molecule has 0 aliphatic heterocycles.